The van der Waals surface area contributed by atoms with Gasteiger partial charge in [0.2, 0.25) is 0 Å². The van der Waals surface area contributed by atoms with E-state index in [1.54, 1.807) is 7.11 Å². The van der Waals surface area contributed by atoms with Gasteiger partial charge in [-0.1, -0.05) is 36.4 Å². The zero-order chi connectivity index (χ0) is 21.6. The van der Waals surface area contributed by atoms with Crippen LogP contribution in [0.2, 0.25) is 0 Å². The lowest BCUT2D eigenvalue weighted by molar-refractivity contribution is -0.116. The lowest BCUT2D eigenvalue weighted by atomic mass is 10.1. The Balaban J connectivity index is 1.51. The molecule has 2 aromatic rings. The van der Waals surface area contributed by atoms with E-state index in [2.05, 4.69) is 5.32 Å². The van der Waals surface area contributed by atoms with Crippen molar-refractivity contribution in [1.29, 1.82) is 0 Å². The summed E-state index contributed by atoms with van der Waals surface area (Å²) < 4.78 is 17.3. The van der Waals surface area contributed by atoms with E-state index in [-0.39, 0.29) is 12.0 Å². The summed E-state index contributed by atoms with van der Waals surface area (Å²) in [5.74, 6) is 1.05. The first kappa shape index (κ1) is 21.3. The Kier molecular flexibility index (Phi) is 6.84. The fourth-order valence-electron chi connectivity index (χ4n) is 3.73. The molecule has 31 heavy (non-hydrogen) atoms. The molecule has 0 aliphatic carbocycles. The van der Waals surface area contributed by atoms with Crippen molar-refractivity contribution >= 4 is 29.3 Å². The third-order valence-electron chi connectivity index (χ3n) is 5.38. The van der Waals surface area contributed by atoms with E-state index in [0.29, 0.717) is 35.5 Å². The van der Waals surface area contributed by atoms with Gasteiger partial charge in [0.1, 0.15) is 12.3 Å². The summed E-state index contributed by atoms with van der Waals surface area (Å²) in [5, 5.41) is 3.16. The maximum absolute atomic E-state index is 12.5. The maximum atomic E-state index is 12.5. The second-order valence-corrected chi connectivity index (χ2v) is 7.96. The van der Waals surface area contributed by atoms with Crippen LogP contribution in [0.3, 0.4) is 0 Å². The summed E-state index contributed by atoms with van der Waals surface area (Å²) in [6, 6.07) is 15.6. The first-order chi connectivity index (χ1) is 15.1. The Labute approximate surface area is 187 Å². The largest absolute Gasteiger partial charge is 0.493 e. The van der Waals surface area contributed by atoms with Crippen LogP contribution in [0.15, 0.2) is 54.2 Å². The molecule has 2 saturated heterocycles. The number of carbonyl (C=O) groups is 1. The molecule has 1 amide bonds. The number of nitrogens with zero attached hydrogens (tertiary/aromatic N) is 1. The molecule has 2 aromatic carbocycles. The van der Waals surface area contributed by atoms with Crippen molar-refractivity contribution in [2.24, 2.45) is 0 Å². The highest BCUT2D eigenvalue weighted by atomic mass is 32.1. The molecule has 162 valence electrons. The number of carbonyl (C=O) groups excluding carboxylic acids is 1. The van der Waals surface area contributed by atoms with Gasteiger partial charge in [0.25, 0.3) is 5.91 Å². The lowest BCUT2D eigenvalue weighted by Gasteiger charge is -2.27. The van der Waals surface area contributed by atoms with Crippen LogP contribution in [0.4, 0.5) is 0 Å². The van der Waals surface area contributed by atoms with E-state index in [9.17, 15) is 4.79 Å². The summed E-state index contributed by atoms with van der Waals surface area (Å²) in [5.41, 5.74) is 2.42. The first-order valence-corrected chi connectivity index (χ1v) is 10.9. The molecule has 0 saturated carbocycles. The predicted molar refractivity (Wildman–Crippen MR) is 123 cm³/mol. The molecular weight excluding hydrogens is 412 g/mol. The Hall–Kier alpha value is -2.90. The Bertz CT molecular complexity index is 971. The minimum absolute atomic E-state index is 0.0751. The number of methoxy groups -OCH3 is 1. The molecule has 6 nitrogen and oxygen atoms in total. The standard InChI is InChI=1S/C24H26N2O4S/c1-28-22-14-18(10-11-21(22)30-16-17-7-3-2-4-8-17)13-20-23(27)25-24(31)26(20)15-19-9-5-6-12-29-19/h2-4,7-8,10-11,13-14,19H,5-6,9,12,15-16H2,1H3,(H,25,27,31)/b20-13+. The van der Waals surface area contributed by atoms with Gasteiger partial charge in [0.05, 0.1) is 19.8 Å². The summed E-state index contributed by atoms with van der Waals surface area (Å²) in [6.45, 7) is 1.77. The van der Waals surface area contributed by atoms with Crippen molar-refractivity contribution in [2.75, 3.05) is 20.3 Å². The number of thiocarbonyl (C=S) groups is 1. The van der Waals surface area contributed by atoms with Crippen LogP contribution in [-0.2, 0) is 16.1 Å². The van der Waals surface area contributed by atoms with Crippen molar-refractivity contribution in [1.82, 2.24) is 10.2 Å². The maximum Gasteiger partial charge on any atom is 0.274 e. The molecule has 0 bridgehead atoms. The molecule has 2 aliphatic rings. The molecule has 0 spiro atoms. The molecule has 1 atom stereocenters. The third-order valence-corrected chi connectivity index (χ3v) is 5.70. The van der Waals surface area contributed by atoms with Crippen molar-refractivity contribution in [3.8, 4) is 11.5 Å². The molecule has 2 fully saturated rings. The van der Waals surface area contributed by atoms with Gasteiger partial charge in [0, 0.05) is 6.61 Å². The predicted octanol–water partition coefficient (Wildman–Crippen LogP) is 3.90. The summed E-state index contributed by atoms with van der Waals surface area (Å²) in [7, 11) is 1.60. The minimum atomic E-state index is -0.204. The van der Waals surface area contributed by atoms with Crippen LogP contribution < -0.4 is 14.8 Å². The van der Waals surface area contributed by atoms with Gasteiger partial charge in [0.15, 0.2) is 16.6 Å². The monoisotopic (exact) mass is 438 g/mol. The van der Waals surface area contributed by atoms with Crippen LogP contribution in [0.25, 0.3) is 6.08 Å². The number of amides is 1. The molecular formula is C24H26N2O4S. The smallest absolute Gasteiger partial charge is 0.274 e. The Morgan fingerprint density at radius 1 is 1.19 bits per heavy atom. The normalized spacial score (nSPS) is 20.1. The van der Waals surface area contributed by atoms with Gasteiger partial charge in [-0.2, -0.15) is 0 Å². The number of nitrogens with one attached hydrogen (secondary N) is 1. The van der Waals surface area contributed by atoms with Gasteiger partial charge in [-0.15, -0.1) is 0 Å². The van der Waals surface area contributed by atoms with Crippen molar-refractivity contribution in [2.45, 2.75) is 32.0 Å². The summed E-state index contributed by atoms with van der Waals surface area (Å²) in [6.07, 6.45) is 5.08. The molecule has 2 aliphatic heterocycles. The first-order valence-electron chi connectivity index (χ1n) is 10.4. The van der Waals surface area contributed by atoms with E-state index in [4.69, 9.17) is 26.4 Å². The van der Waals surface area contributed by atoms with Gasteiger partial charge < -0.3 is 19.1 Å². The molecule has 1 N–H and O–H groups in total. The zero-order valence-corrected chi connectivity index (χ0v) is 18.3. The highest BCUT2D eigenvalue weighted by molar-refractivity contribution is 7.80. The van der Waals surface area contributed by atoms with E-state index < -0.39 is 0 Å². The van der Waals surface area contributed by atoms with Gasteiger partial charge in [-0.3, -0.25) is 10.1 Å². The summed E-state index contributed by atoms with van der Waals surface area (Å²) >= 11 is 5.38. The number of benzene rings is 2. The highest BCUT2D eigenvalue weighted by Crippen LogP contribution is 2.30. The molecule has 7 heteroatoms. The average Bonchev–Trinajstić information content (AvgIpc) is 3.06. The molecule has 2 heterocycles. The van der Waals surface area contributed by atoms with E-state index in [0.717, 1.165) is 37.0 Å². The number of rotatable bonds is 7. The summed E-state index contributed by atoms with van der Waals surface area (Å²) in [4.78, 5) is 14.3. The highest BCUT2D eigenvalue weighted by Gasteiger charge is 2.32. The quantitative estimate of drug-likeness (QED) is 0.523. The second kappa shape index (κ2) is 9.94. The average molecular weight is 439 g/mol. The number of hydrogen-bond acceptors (Lipinski definition) is 5. The molecule has 4 rings (SSSR count). The fraction of sp³-hybridized carbons (Fsp3) is 0.333. The van der Waals surface area contributed by atoms with Crippen molar-refractivity contribution in [3.05, 3.63) is 65.4 Å². The fourth-order valence-corrected chi connectivity index (χ4v) is 3.99. The van der Waals surface area contributed by atoms with Crippen molar-refractivity contribution in [3.63, 3.8) is 0 Å². The number of hydrogen-bond donors (Lipinski definition) is 1. The van der Waals surface area contributed by atoms with E-state index in [1.165, 1.54) is 0 Å². The topological polar surface area (TPSA) is 60.0 Å². The van der Waals surface area contributed by atoms with Crippen LogP contribution in [0.5, 0.6) is 11.5 Å². The Morgan fingerprint density at radius 2 is 2.03 bits per heavy atom. The molecule has 1 unspecified atom stereocenters. The molecule has 0 radical (unpaired) electrons. The third kappa shape index (κ3) is 5.24. The van der Waals surface area contributed by atoms with Crippen LogP contribution in [0.1, 0.15) is 30.4 Å². The van der Waals surface area contributed by atoms with E-state index in [1.807, 2.05) is 59.5 Å². The van der Waals surface area contributed by atoms with Crippen LogP contribution in [-0.4, -0.2) is 42.3 Å². The number of ether oxygens (including phenoxy) is 3. The zero-order valence-electron chi connectivity index (χ0n) is 17.5. The lowest BCUT2D eigenvalue weighted by Crippen LogP contribution is -2.37. The van der Waals surface area contributed by atoms with Crippen LogP contribution in [0, 0.1) is 0 Å². The van der Waals surface area contributed by atoms with Crippen LogP contribution >= 0.6 is 12.2 Å². The SMILES string of the molecule is COc1cc(/C=C2\C(=O)NC(=S)N2CC2CCCCO2)ccc1OCc1ccccc1. The minimum Gasteiger partial charge on any atom is -0.493 e. The van der Waals surface area contributed by atoms with E-state index >= 15 is 0 Å². The van der Waals surface area contributed by atoms with Crippen molar-refractivity contribution < 1.29 is 19.0 Å². The van der Waals surface area contributed by atoms with Gasteiger partial charge in [-0.05, 0) is 60.8 Å². The second-order valence-electron chi connectivity index (χ2n) is 7.57. The molecule has 0 aromatic heterocycles. The van der Waals surface area contributed by atoms with Gasteiger partial charge >= 0.3 is 0 Å². The Morgan fingerprint density at radius 3 is 2.77 bits per heavy atom. The van der Waals surface area contributed by atoms with Gasteiger partial charge in [-0.25, -0.2) is 0 Å².